The molecule has 2 aromatic carbocycles. The van der Waals surface area contributed by atoms with Crippen molar-refractivity contribution in [2.45, 2.75) is 25.6 Å². The molecular weight excluding hydrogens is 312 g/mol. The number of methoxy groups -OCH3 is 1. The van der Waals surface area contributed by atoms with Crippen LogP contribution in [0.5, 0.6) is 0 Å². The highest BCUT2D eigenvalue weighted by Gasteiger charge is 2.29. The van der Waals surface area contributed by atoms with Crippen molar-refractivity contribution in [1.82, 2.24) is 9.80 Å². The minimum Gasteiger partial charge on any atom is -0.469 e. The van der Waals surface area contributed by atoms with Gasteiger partial charge in [0.25, 0.3) is 0 Å². The molecule has 1 heterocycles. The lowest BCUT2D eigenvalue weighted by atomic mass is 10.1. The Morgan fingerprint density at radius 2 is 1.56 bits per heavy atom. The van der Waals surface area contributed by atoms with E-state index in [1.807, 2.05) is 12.1 Å². The summed E-state index contributed by atoms with van der Waals surface area (Å²) in [6.45, 7) is 4.67. The summed E-state index contributed by atoms with van der Waals surface area (Å²) in [5.41, 5.74) is 2.60. The predicted octanol–water partition coefficient (Wildman–Crippen LogP) is 2.94. The van der Waals surface area contributed by atoms with Crippen molar-refractivity contribution >= 4 is 5.97 Å². The average molecular weight is 338 g/mol. The molecule has 2 aromatic rings. The van der Waals surface area contributed by atoms with Gasteiger partial charge >= 0.3 is 5.97 Å². The number of benzene rings is 2. The Morgan fingerprint density at radius 1 is 0.960 bits per heavy atom. The molecule has 0 N–H and O–H groups in total. The molecule has 0 aromatic heterocycles. The van der Waals surface area contributed by atoms with Crippen molar-refractivity contribution in [3.05, 3.63) is 71.8 Å². The Balaban J connectivity index is 1.66. The Kier molecular flexibility index (Phi) is 6.20. The Labute approximate surface area is 150 Å². The number of rotatable bonds is 6. The first-order valence-corrected chi connectivity index (χ1v) is 8.85. The average Bonchev–Trinajstić information content (AvgIpc) is 2.65. The first kappa shape index (κ1) is 17.6. The van der Waals surface area contributed by atoms with Gasteiger partial charge in [0.2, 0.25) is 0 Å². The van der Waals surface area contributed by atoms with Crippen molar-refractivity contribution < 1.29 is 9.53 Å². The van der Waals surface area contributed by atoms with Crippen molar-refractivity contribution in [3.63, 3.8) is 0 Å². The van der Waals surface area contributed by atoms with E-state index in [1.54, 1.807) is 0 Å². The summed E-state index contributed by atoms with van der Waals surface area (Å²) in [5, 5.41) is 0. The van der Waals surface area contributed by atoms with Crippen molar-refractivity contribution in [2.75, 3.05) is 26.7 Å². The van der Waals surface area contributed by atoms with Crippen molar-refractivity contribution in [2.24, 2.45) is 0 Å². The van der Waals surface area contributed by atoms with Crippen molar-refractivity contribution in [1.29, 1.82) is 0 Å². The second kappa shape index (κ2) is 8.79. The molecule has 1 aliphatic rings. The fourth-order valence-corrected chi connectivity index (χ4v) is 3.44. The van der Waals surface area contributed by atoms with Crippen LogP contribution in [0.4, 0.5) is 0 Å². The van der Waals surface area contributed by atoms with Crippen LogP contribution in [0.25, 0.3) is 0 Å². The molecular formula is C21H26N2O2. The molecule has 25 heavy (non-hydrogen) atoms. The van der Waals surface area contributed by atoms with Crippen LogP contribution in [0, 0.1) is 0 Å². The van der Waals surface area contributed by atoms with Crippen molar-refractivity contribution in [3.8, 4) is 0 Å². The normalized spacial score (nSPS) is 18.8. The number of nitrogens with zero attached hydrogens (tertiary/aromatic N) is 2. The Morgan fingerprint density at radius 3 is 2.16 bits per heavy atom. The number of hydrogen-bond acceptors (Lipinski definition) is 4. The fraction of sp³-hybridized carbons (Fsp3) is 0.381. The third-order valence-corrected chi connectivity index (χ3v) is 4.80. The highest BCUT2D eigenvalue weighted by Crippen LogP contribution is 2.19. The first-order chi connectivity index (χ1) is 12.2. The standard InChI is InChI=1S/C21H26N2O2/c1-25-21(24)14-20-17-22(15-18-8-4-2-5-9-18)12-13-23(20)16-19-10-6-3-7-11-19/h2-11,20H,12-17H2,1H3/t20-/m1/s1. The molecule has 1 aliphatic heterocycles. The number of hydrogen-bond donors (Lipinski definition) is 0. The Hall–Kier alpha value is -2.17. The lowest BCUT2D eigenvalue weighted by Gasteiger charge is -2.41. The molecule has 0 spiro atoms. The summed E-state index contributed by atoms with van der Waals surface area (Å²) in [6, 6.07) is 21.2. The maximum absolute atomic E-state index is 11.9. The van der Waals surface area contributed by atoms with Crippen LogP contribution in [0.3, 0.4) is 0 Å². The summed E-state index contributed by atoms with van der Waals surface area (Å²) < 4.78 is 4.92. The number of piperazine rings is 1. The molecule has 0 bridgehead atoms. The van der Waals surface area contributed by atoms with Crippen LogP contribution < -0.4 is 0 Å². The second-order valence-corrected chi connectivity index (χ2v) is 6.61. The van der Waals surface area contributed by atoms with E-state index >= 15 is 0 Å². The summed E-state index contributed by atoms with van der Waals surface area (Å²) in [6.07, 6.45) is 0.439. The molecule has 0 aliphatic carbocycles. The van der Waals surface area contributed by atoms with Gasteiger partial charge < -0.3 is 4.74 Å². The molecule has 4 heteroatoms. The van der Waals surface area contributed by atoms with Crippen LogP contribution in [0.2, 0.25) is 0 Å². The van der Waals surface area contributed by atoms with E-state index in [-0.39, 0.29) is 12.0 Å². The van der Waals surface area contributed by atoms with E-state index in [4.69, 9.17) is 4.74 Å². The highest BCUT2D eigenvalue weighted by atomic mass is 16.5. The minimum atomic E-state index is -0.135. The molecule has 3 rings (SSSR count). The van der Waals surface area contributed by atoms with Crippen LogP contribution in [0.15, 0.2) is 60.7 Å². The van der Waals surface area contributed by atoms with E-state index in [0.29, 0.717) is 6.42 Å². The van der Waals surface area contributed by atoms with Crippen LogP contribution in [-0.4, -0.2) is 48.6 Å². The minimum absolute atomic E-state index is 0.135. The van der Waals surface area contributed by atoms with Gasteiger partial charge in [0, 0.05) is 38.8 Å². The summed E-state index contributed by atoms with van der Waals surface area (Å²) >= 11 is 0. The summed E-state index contributed by atoms with van der Waals surface area (Å²) in [4.78, 5) is 16.7. The number of ether oxygens (including phenoxy) is 1. The third-order valence-electron chi connectivity index (χ3n) is 4.80. The number of esters is 1. The lowest BCUT2D eigenvalue weighted by Crippen LogP contribution is -2.53. The summed E-state index contributed by atoms with van der Waals surface area (Å²) in [7, 11) is 1.47. The van der Waals surface area contributed by atoms with Gasteiger partial charge in [0.15, 0.2) is 0 Å². The van der Waals surface area contributed by atoms with Crippen LogP contribution in [0.1, 0.15) is 17.5 Å². The molecule has 132 valence electrons. The second-order valence-electron chi connectivity index (χ2n) is 6.61. The molecule has 0 radical (unpaired) electrons. The van der Waals surface area contributed by atoms with Gasteiger partial charge in [-0.15, -0.1) is 0 Å². The van der Waals surface area contributed by atoms with E-state index in [1.165, 1.54) is 18.2 Å². The van der Waals surface area contributed by atoms with Gasteiger partial charge in [-0.2, -0.15) is 0 Å². The quantitative estimate of drug-likeness (QED) is 0.758. The molecule has 0 saturated carbocycles. The third kappa shape index (κ3) is 5.15. The van der Waals surface area contributed by atoms with Gasteiger partial charge in [0.1, 0.15) is 0 Å². The maximum atomic E-state index is 11.9. The topological polar surface area (TPSA) is 32.8 Å². The van der Waals surface area contributed by atoms with Gasteiger partial charge in [0.05, 0.1) is 13.5 Å². The zero-order valence-corrected chi connectivity index (χ0v) is 14.8. The molecule has 0 unspecified atom stereocenters. The Bertz CT molecular complexity index is 660. The fourth-order valence-electron chi connectivity index (χ4n) is 3.44. The van der Waals surface area contributed by atoms with E-state index in [2.05, 4.69) is 58.3 Å². The van der Waals surface area contributed by atoms with Crippen LogP contribution >= 0.6 is 0 Å². The number of carbonyl (C=O) groups is 1. The van der Waals surface area contributed by atoms with E-state index in [0.717, 1.165) is 32.7 Å². The number of carbonyl (C=O) groups excluding carboxylic acids is 1. The van der Waals surface area contributed by atoms with Gasteiger partial charge in [-0.25, -0.2) is 0 Å². The molecule has 1 atom stereocenters. The maximum Gasteiger partial charge on any atom is 0.307 e. The van der Waals surface area contributed by atoms with E-state index in [9.17, 15) is 4.79 Å². The largest absolute Gasteiger partial charge is 0.469 e. The molecule has 1 saturated heterocycles. The SMILES string of the molecule is COC(=O)C[C@@H]1CN(Cc2ccccc2)CCN1Cc1ccccc1. The van der Waals surface area contributed by atoms with Gasteiger partial charge in [-0.1, -0.05) is 60.7 Å². The van der Waals surface area contributed by atoms with Gasteiger partial charge in [-0.3, -0.25) is 14.6 Å². The first-order valence-electron chi connectivity index (χ1n) is 8.85. The molecule has 0 amide bonds. The molecule has 4 nitrogen and oxygen atoms in total. The smallest absolute Gasteiger partial charge is 0.307 e. The highest BCUT2D eigenvalue weighted by molar-refractivity contribution is 5.70. The van der Waals surface area contributed by atoms with Crippen LogP contribution in [-0.2, 0) is 22.6 Å². The van der Waals surface area contributed by atoms with E-state index < -0.39 is 0 Å². The monoisotopic (exact) mass is 338 g/mol. The summed E-state index contributed by atoms with van der Waals surface area (Å²) in [5.74, 6) is -0.135. The predicted molar refractivity (Wildman–Crippen MR) is 99.0 cm³/mol. The van der Waals surface area contributed by atoms with Gasteiger partial charge in [-0.05, 0) is 11.1 Å². The molecule has 1 fully saturated rings. The zero-order valence-electron chi connectivity index (χ0n) is 14.8. The zero-order chi connectivity index (χ0) is 17.5. The lowest BCUT2D eigenvalue weighted by molar-refractivity contribution is -0.142.